The Balaban J connectivity index is 2.72. The minimum Gasteiger partial charge on any atom is -0.391 e. The van der Waals surface area contributed by atoms with E-state index in [0.717, 1.165) is 5.69 Å². The van der Waals surface area contributed by atoms with E-state index in [4.69, 9.17) is 0 Å². The molecule has 1 aromatic carbocycles. The Bertz CT molecular complexity index is 555. The molecule has 1 unspecified atom stereocenters. The molecule has 0 fully saturated rings. The summed E-state index contributed by atoms with van der Waals surface area (Å²) in [5.74, 6) is -0.362. The summed E-state index contributed by atoms with van der Waals surface area (Å²) in [6.07, 6.45) is 0.101. The molecule has 2 N–H and O–H groups in total. The topological polar surface area (TPSA) is 72.9 Å². The Hall–Kier alpha value is -2.08. The lowest BCUT2D eigenvalue weighted by atomic mass is 10.1. The number of hydrogen-bond donors (Lipinski definition) is 2. The van der Waals surface area contributed by atoms with Crippen molar-refractivity contribution in [3.05, 3.63) is 30.3 Å². The summed E-state index contributed by atoms with van der Waals surface area (Å²) in [6, 6.07) is 9.50. The summed E-state index contributed by atoms with van der Waals surface area (Å²) in [5.41, 5.74) is 0.540. The Morgan fingerprint density at radius 1 is 1.16 bits per heavy atom. The minimum absolute atomic E-state index is 0.00899. The highest BCUT2D eigenvalue weighted by Gasteiger charge is 2.21. The average Bonchev–Trinajstić information content (AvgIpc) is 2.52. The maximum Gasteiger partial charge on any atom is 0.242 e. The SMILES string of the molecule is CCC(O)CN(CC(=O)N(C)CC(=O)NC(C)(C)C)c1ccccc1. The van der Waals surface area contributed by atoms with E-state index < -0.39 is 6.10 Å². The molecule has 0 saturated heterocycles. The van der Waals surface area contributed by atoms with Gasteiger partial charge in [0.15, 0.2) is 0 Å². The Kier molecular flexibility index (Phi) is 7.90. The number of benzene rings is 1. The van der Waals surface area contributed by atoms with Gasteiger partial charge in [-0.15, -0.1) is 0 Å². The highest BCUT2D eigenvalue weighted by Crippen LogP contribution is 2.14. The van der Waals surface area contributed by atoms with E-state index in [1.54, 1.807) is 7.05 Å². The third-order valence-electron chi connectivity index (χ3n) is 3.67. The largest absolute Gasteiger partial charge is 0.391 e. The number of hydrogen-bond acceptors (Lipinski definition) is 4. The zero-order valence-corrected chi connectivity index (χ0v) is 16.0. The van der Waals surface area contributed by atoms with Crippen LogP contribution in [0.15, 0.2) is 30.3 Å². The van der Waals surface area contributed by atoms with Crippen LogP contribution >= 0.6 is 0 Å². The molecule has 0 aromatic heterocycles. The van der Waals surface area contributed by atoms with Gasteiger partial charge in [0.1, 0.15) is 0 Å². The van der Waals surface area contributed by atoms with Crippen molar-refractivity contribution < 1.29 is 14.7 Å². The van der Waals surface area contributed by atoms with Gasteiger partial charge in [-0.25, -0.2) is 0 Å². The van der Waals surface area contributed by atoms with Crippen molar-refractivity contribution in [2.75, 3.05) is 31.6 Å². The van der Waals surface area contributed by atoms with Gasteiger partial charge >= 0.3 is 0 Å². The molecule has 0 bridgehead atoms. The molecule has 0 radical (unpaired) electrons. The first-order valence-electron chi connectivity index (χ1n) is 8.65. The molecule has 0 spiro atoms. The fourth-order valence-corrected chi connectivity index (χ4v) is 2.33. The van der Waals surface area contributed by atoms with Gasteiger partial charge in [0.05, 0.1) is 19.2 Å². The van der Waals surface area contributed by atoms with Gasteiger partial charge in [-0.2, -0.15) is 0 Å². The van der Waals surface area contributed by atoms with E-state index >= 15 is 0 Å². The predicted octanol–water partition coefficient (Wildman–Crippen LogP) is 1.64. The maximum absolute atomic E-state index is 12.5. The molecule has 140 valence electrons. The third kappa shape index (κ3) is 8.03. The number of aliphatic hydroxyl groups is 1. The fourth-order valence-electron chi connectivity index (χ4n) is 2.33. The number of rotatable bonds is 8. The van der Waals surface area contributed by atoms with E-state index in [0.29, 0.717) is 13.0 Å². The number of nitrogens with one attached hydrogen (secondary N) is 1. The van der Waals surface area contributed by atoms with Crippen molar-refractivity contribution in [1.82, 2.24) is 10.2 Å². The van der Waals surface area contributed by atoms with Crippen LogP contribution in [0.5, 0.6) is 0 Å². The second-order valence-corrected chi connectivity index (χ2v) is 7.33. The van der Waals surface area contributed by atoms with Gasteiger partial charge in [-0.05, 0) is 39.3 Å². The van der Waals surface area contributed by atoms with E-state index in [1.807, 2.05) is 62.9 Å². The van der Waals surface area contributed by atoms with Gasteiger partial charge in [0.2, 0.25) is 11.8 Å². The molecular formula is C19H31N3O3. The van der Waals surface area contributed by atoms with Crippen LogP contribution in [-0.2, 0) is 9.59 Å². The standard InChI is InChI=1S/C19H31N3O3/c1-6-16(23)12-22(15-10-8-7-9-11-15)14-18(25)21(5)13-17(24)20-19(2,3)4/h7-11,16,23H,6,12-14H2,1-5H3,(H,20,24). The number of carbonyl (C=O) groups excluding carboxylic acids is 2. The molecule has 1 aromatic rings. The average molecular weight is 349 g/mol. The zero-order valence-electron chi connectivity index (χ0n) is 16.0. The second kappa shape index (κ2) is 9.42. The number of amides is 2. The maximum atomic E-state index is 12.5. The smallest absolute Gasteiger partial charge is 0.242 e. The van der Waals surface area contributed by atoms with Crippen LogP contribution in [0, 0.1) is 0 Å². The molecule has 0 aliphatic rings. The molecule has 25 heavy (non-hydrogen) atoms. The van der Waals surface area contributed by atoms with Gasteiger partial charge in [0, 0.05) is 24.8 Å². The van der Waals surface area contributed by atoms with E-state index in [9.17, 15) is 14.7 Å². The number of anilines is 1. The molecule has 1 atom stereocenters. The second-order valence-electron chi connectivity index (χ2n) is 7.33. The lowest BCUT2D eigenvalue weighted by Crippen LogP contribution is -2.48. The Morgan fingerprint density at radius 3 is 2.28 bits per heavy atom. The molecule has 6 heteroatoms. The lowest BCUT2D eigenvalue weighted by molar-refractivity contribution is -0.134. The molecule has 0 saturated carbocycles. The first kappa shape index (κ1) is 21.0. The lowest BCUT2D eigenvalue weighted by Gasteiger charge is -2.29. The monoisotopic (exact) mass is 349 g/mol. The van der Waals surface area contributed by atoms with Crippen molar-refractivity contribution in [2.24, 2.45) is 0 Å². The fraction of sp³-hybridized carbons (Fsp3) is 0.579. The molecular weight excluding hydrogens is 318 g/mol. The summed E-state index contributed by atoms with van der Waals surface area (Å²) in [6.45, 7) is 8.09. The minimum atomic E-state index is -0.512. The van der Waals surface area contributed by atoms with Crippen molar-refractivity contribution in [2.45, 2.75) is 45.8 Å². The predicted molar refractivity (Wildman–Crippen MR) is 100 cm³/mol. The highest BCUT2D eigenvalue weighted by atomic mass is 16.3. The normalized spacial score (nSPS) is 12.4. The summed E-state index contributed by atoms with van der Waals surface area (Å²) in [5, 5.41) is 12.8. The van der Waals surface area contributed by atoms with Crippen molar-refractivity contribution in [1.29, 1.82) is 0 Å². The Morgan fingerprint density at radius 2 is 1.76 bits per heavy atom. The first-order valence-corrected chi connectivity index (χ1v) is 8.65. The number of para-hydroxylation sites is 1. The van der Waals surface area contributed by atoms with Crippen LogP contribution < -0.4 is 10.2 Å². The summed E-state index contributed by atoms with van der Waals surface area (Å²) >= 11 is 0. The number of aliphatic hydroxyl groups excluding tert-OH is 1. The highest BCUT2D eigenvalue weighted by molar-refractivity contribution is 5.87. The molecule has 2 amide bonds. The number of carbonyl (C=O) groups is 2. The van der Waals surface area contributed by atoms with E-state index in [2.05, 4.69) is 5.32 Å². The molecule has 0 heterocycles. The van der Waals surface area contributed by atoms with Gasteiger partial charge in [-0.1, -0.05) is 25.1 Å². The van der Waals surface area contributed by atoms with Gasteiger partial charge in [0.25, 0.3) is 0 Å². The molecule has 0 aliphatic carbocycles. The van der Waals surface area contributed by atoms with Crippen LogP contribution in [-0.4, -0.2) is 60.1 Å². The van der Waals surface area contributed by atoms with Crippen LogP contribution in [0.2, 0.25) is 0 Å². The van der Waals surface area contributed by atoms with Crippen LogP contribution in [0.4, 0.5) is 5.69 Å². The van der Waals surface area contributed by atoms with Crippen LogP contribution in [0.1, 0.15) is 34.1 Å². The van der Waals surface area contributed by atoms with E-state index in [-0.39, 0.29) is 30.4 Å². The van der Waals surface area contributed by atoms with Crippen molar-refractivity contribution in [3.8, 4) is 0 Å². The third-order valence-corrected chi connectivity index (χ3v) is 3.67. The van der Waals surface area contributed by atoms with Crippen molar-refractivity contribution in [3.63, 3.8) is 0 Å². The molecule has 0 aliphatic heterocycles. The quantitative estimate of drug-likeness (QED) is 0.748. The van der Waals surface area contributed by atoms with Gasteiger partial charge in [-0.3, -0.25) is 9.59 Å². The van der Waals surface area contributed by atoms with Crippen LogP contribution in [0.25, 0.3) is 0 Å². The van der Waals surface area contributed by atoms with Gasteiger partial charge < -0.3 is 20.2 Å². The number of likely N-dealkylation sites (N-methyl/N-ethyl adjacent to an activating group) is 1. The molecule has 1 rings (SSSR count). The molecule has 6 nitrogen and oxygen atoms in total. The first-order chi connectivity index (χ1) is 11.6. The summed E-state index contributed by atoms with van der Waals surface area (Å²) in [7, 11) is 1.62. The summed E-state index contributed by atoms with van der Waals surface area (Å²) < 4.78 is 0. The summed E-state index contributed by atoms with van der Waals surface area (Å²) in [4.78, 5) is 27.8. The van der Waals surface area contributed by atoms with E-state index in [1.165, 1.54) is 4.90 Å². The van der Waals surface area contributed by atoms with Crippen molar-refractivity contribution >= 4 is 17.5 Å². The number of nitrogens with zero attached hydrogens (tertiary/aromatic N) is 2. The van der Waals surface area contributed by atoms with Crippen LogP contribution in [0.3, 0.4) is 0 Å². The zero-order chi connectivity index (χ0) is 19.0. The Labute approximate surface area is 150 Å².